The Morgan fingerprint density at radius 3 is 2.86 bits per heavy atom. The molecule has 0 heterocycles. The Labute approximate surface area is 98.7 Å². The zero-order chi connectivity index (χ0) is 10.4. The Hall–Kier alpha value is -0.290. The van der Waals surface area contributed by atoms with Gasteiger partial charge in [-0.05, 0) is 47.7 Å². The third-order valence-electron chi connectivity index (χ3n) is 1.86. The molecule has 0 aliphatic heterocycles. The number of hydrogen-bond acceptors (Lipinski definition) is 2. The summed E-state index contributed by atoms with van der Waals surface area (Å²) in [6, 6.07) is 8.06. The van der Waals surface area contributed by atoms with Gasteiger partial charge in [-0.2, -0.15) is 0 Å². The van der Waals surface area contributed by atoms with Gasteiger partial charge in [0.05, 0.1) is 6.10 Å². The normalized spacial score (nSPS) is 12.5. The molecule has 0 N–H and O–H groups in total. The molecule has 1 atom stereocenters. The van der Waals surface area contributed by atoms with Gasteiger partial charge in [-0.3, -0.25) is 0 Å². The summed E-state index contributed by atoms with van der Waals surface area (Å²) < 4.78 is 11.9. The predicted molar refractivity (Wildman–Crippen MR) is 65.7 cm³/mol. The lowest BCUT2D eigenvalue weighted by Gasteiger charge is -2.14. The lowest BCUT2D eigenvalue weighted by atomic mass is 10.3. The summed E-state index contributed by atoms with van der Waals surface area (Å²) in [6.45, 7) is 2.80. The molecule has 0 bridgehead atoms. The fourth-order valence-electron chi connectivity index (χ4n) is 1.12. The van der Waals surface area contributed by atoms with Crippen LogP contribution in [0.4, 0.5) is 0 Å². The molecule has 0 aliphatic carbocycles. The van der Waals surface area contributed by atoms with Gasteiger partial charge in [0.25, 0.3) is 0 Å². The molecule has 1 unspecified atom stereocenters. The fraction of sp³-hybridized carbons (Fsp3) is 0.455. The number of benzene rings is 1. The summed E-state index contributed by atoms with van der Waals surface area (Å²) in [7, 11) is 1.71. The maximum Gasteiger partial charge on any atom is 0.120 e. The standard InChI is InChI=1S/C11H15IO2/c1-9(6-7-13-2)14-11-5-3-4-10(12)8-11/h3-5,8-9H,6-7H2,1-2H3. The Morgan fingerprint density at radius 2 is 2.21 bits per heavy atom. The second-order valence-electron chi connectivity index (χ2n) is 3.17. The summed E-state index contributed by atoms with van der Waals surface area (Å²) in [5.74, 6) is 0.931. The van der Waals surface area contributed by atoms with E-state index in [1.165, 1.54) is 3.57 Å². The number of methoxy groups -OCH3 is 1. The molecule has 0 saturated carbocycles. The number of rotatable bonds is 5. The fourth-order valence-corrected chi connectivity index (χ4v) is 1.63. The number of halogens is 1. The van der Waals surface area contributed by atoms with Crippen molar-refractivity contribution in [1.82, 2.24) is 0 Å². The highest BCUT2D eigenvalue weighted by atomic mass is 127. The summed E-state index contributed by atoms with van der Waals surface area (Å²) in [5.41, 5.74) is 0. The molecule has 0 spiro atoms. The zero-order valence-electron chi connectivity index (χ0n) is 8.50. The van der Waals surface area contributed by atoms with E-state index in [1.54, 1.807) is 7.11 Å². The molecule has 1 aromatic carbocycles. The third-order valence-corrected chi connectivity index (χ3v) is 2.53. The first-order valence-corrected chi connectivity index (χ1v) is 5.71. The van der Waals surface area contributed by atoms with Crippen LogP contribution >= 0.6 is 22.6 Å². The summed E-state index contributed by atoms with van der Waals surface area (Å²) in [4.78, 5) is 0. The number of hydrogen-bond donors (Lipinski definition) is 0. The summed E-state index contributed by atoms with van der Waals surface area (Å²) in [5, 5.41) is 0. The van der Waals surface area contributed by atoms with Crippen molar-refractivity contribution in [3.8, 4) is 5.75 Å². The van der Waals surface area contributed by atoms with Gasteiger partial charge >= 0.3 is 0 Å². The summed E-state index contributed by atoms with van der Waals surface area (Å²) in [6.07, 6.45) is 1.12. The van der Waals surface area contributed by atoms with Crippen LogP contribution in [0, 0.1) is 3.57 Å². The average Bonchev–Trinajstić information content (AvgIpc) is 2.15. The van der Waals surface area contributed by atoms with Crippen LogP contribution in [-0.2, 0) is 4.74 Å². The average molecular weight is 306 g/mol. The first kappa shape index (κ1) is 11.8. The minimum atomic E-state index is 0.202. The Balaban J connectivity index is 2.43. The van der Waals surface area contributed by atoms with Crippen molar-refractivity contribution < 1.29 is 9.47 Å². The second kappa shape index (κ2) is 6.24. The van der Waals surface area contributed by atoms with Crippen molar-refractivity contribution in [1.29, 1.82) is 0 Å². The van der Waals surface area contributed by atoms with Gasteiger partial charge in [0, 0.05) is 23.7 Å². The van der Waals surface area contributed by atoms with Crippen LogP contribution in [0.5, 0.6) is 5.75 Å². The van der Waals surface area contributed by atoms with Gasteiger partial charge in [-0.15, -0.1) is 0 Å². The highest BCUT2D eigenvalue weighted by Crippen LogP contribution is 2.16. The van der Waals surface area contributed by atoms with Crippen LogP contribution in [0.25, 0.3) is 0 Å². The molecule has 0 saturated heterocycles. The van der Waals surface area contributed by atoms with Crippen molar-refractivity contribution in [2.75, 3.05) is 13.7 Å². The molecular formula is C11H15IO2. The zero-order valence-corrected chi connectivity index (χ0v) is 10.7. The highest BCUT2D eigenvalue weighted by Gasteiger charge is 2.03. The molecule has 14 heavy (non-hydrogen) atoms. The molecule has 0 fully saturated rings. The molecule has 1 aromatic rings. The van der Waals surface area contributed by atoms with Crippen molar-refractivity contribution in [3.05, 3.63) is 27.8 Å². The van der Waals surface area contributed by atoms with Crippen LogP contribution in [0.2, 0.25) is 0 Å². The van der Waals surface area contributed by atoms with E-state index in [1.807, 2.05) is 24.3 Å². The van der Waals surface area contributed by atoms with E-state index in [2.05, 4.69) is 29.5 Å². The Morgan fingerprint density at radius 1 is 1.43 bits per heavy atom. The van der Waals surface area contributed by atoms with E-state index in [-0.39, 0.29) is 6.10 Å². The first-order chi connectivity index (χ1) is 6.72. The lowest BCUT2D eigenvalue weighted by Crippen LogP contribution is -2.14. The van der Waals surface area contributed by atoms with Crippen molar-refractivity contribution in [2.24, 2.45) is 0 Å². The van der Waals surface area contributed by atoms with Crippen LogP contribution < -0.4 is 4.74 Å². The Bertz CT molecular complexity index is 276. The van der Waals surface area contributed by atoms with E-state index >= 15 is 0 Å². The molecule has 0 aromatic heterocycles. The first-order valence-electron chi connectivity index (χ1n) is 4.63. The van der Waals surface area contributed by atoms with E-state index < -0.39 is 0 Å². The van der Waals surface area contributed by atoms with Gasteiger partial charge in [0.2, 0.25) is 0 Å². The monoisotopic (exact) mass is 306 g/mol. The van der Waals surface area contributed by atoms with Gasteiger partial charge in [0.1, 0.15) is 5.75 Å². The van der Waals surface area contributed by atoms with E-state index in [0.717, 1.165) is 18.8 Å². The molecule has 0 radical (unpaired) electrons. The maximum atomic E-state index is 5.71. The second-order valence-corrected chi connectivity index (χ2v) is 4.41. The van der Waals surface area contributed by atoms with E-state index in [9.17, 15) is 0 Å². The maximum absolute atomic E-state index is 5.71. The van der Waals surface area contributed by atoms with Crippen molar-refractivity contribution in [2.45, 2.75) is 19.4 Å². The molecule has 0 aliphatic rings. The quantitative estimate of drug-likeness (QED) is 0.778. The molecule has 78 valence electrons. The smallest absolute Gasteiger partial charge is 0.120 e. The third kappa shape index (κ3) is 4.28. The van der Waals surface area contributed by atoms with Crippen LogP contribution in [-0.4, -0.2) is 19.8 Å². The van der Waals surface area contributed by atoms with E-state index in [4.69, 9.17) is 9.47 Å². The van der Waals surface area contributed by atoms with Crippen molar-refractivity contribution >= 4 is 22.6 Å². The molecular weight excluding hydrogens is 291 g/mol. The minimum Gasteiger partial charge on any atom is -0.491 e. The predicted octanol–water partition coefficient (Wildman–Crippen LogP) is 3.10. The molecule has 0 amide bonds. The lowest BCUT2D eigenvalue weighted by molar-refractivity contribution is 0.135. The number of ether oxygens (including phenoxy) is 2. The largest absolute Gasteiger partial charge is 0.491 e. The Kier molecular flexibility index (Phi) is 5.25. The van der Waals surface area contributed by atoms with Gasteiger partial charge in [0.15, 0.2) is 0 Å². The molecule has 1 rings (SSSR count). The van der Waals surface area contributed by atoms with Crippen molar-refractivity contribution in [3.63, 3.8) is 0 Å². The van der Waals surface area contributed by atoms with Gasteiger partial charge in [-0.1, -0.05) is 6.07 Å². The van der Waals surface area contributed by atoms with Crippen LogP contribution in [0.15, 0.2) is 24.3 Å². The minimum absolute atomic E-state index is 0.202. The summed E-state index contributed by atoms with van der Waals surface area (Å²) >= 11 is 2.28. The van der Waals surface area contributed by atoms with E-state index in [0.29, 0.717) is 0 Å². The van der Waals surface area contributed by atoms with Gasteiger partial charge < -0.3 is 9.47 Å². The highest BCUT2D eigenvalue weighted by molar-refractivity contribution is 14.1. The van der Waals surface area contributed by atoms with Gasteiger partial charge in [-0.25, -0.2) is 0 Å². The SMILES string of the molecule is COCCC(C)Oc1cccc(I)c1. The molecule has 3 heteroatoms. The molecule has 2 nitrogen and oxygen atoms in total. The van der Waals surface area contributed by atoms with Crippen LogP contribution in [0.1, 0.15) is 13.3 Å². The van der Waals surface area contributed by atoms with Crippen LogP contribution in [0.3, 0.4) is 0 Å². The topological polar surface area (TPSA) is 18.5 Å².